The van der Waals surface area contributed by atoms with Crippen LogP contribution >= 0.6 is 0 Å². The van der Waals surface area contributed by atoms with E-state index in [2.05, 4.69) is 47.6 Å². The average molecular weight is 509 g/mol. The molecular weight excluding hydrogens is 480 g/mol. The molecule has 38 heavy (non-hydrogen) atoms. The Labute approximate surface area is 220 Å². The third kappa shape index (κ3) is 5.27. The molecule has 0 radical (unpaired) electrons. The maximum absolute atomic E-state index is 9.60. The second-order valence-corrected chi connectivity index (χ2v) is 9.14. The Bertz CT molecular complexity index is 1430. The molecule has 11 heteroatoms. The smallest absolute Gasteiger partial charge is 0.245 e. The molecule has 0 unspecified atom stereocenters. The van der Waals surface area contributed by atoms with Crippen LogP contribution in [0.1, 0.15) is 5.56 Å². The van der Waals surface area contributed by atoms with Crippen molar-refractivity contribution in [2.24, 2.45) is 0 Å². The van der Waals surface area contributed by atoms with Gasteiger partial charge in [0.15, 0.2) is 0 Å². The topological polar surface area (TPSA) is 120 Å². The molecule has 2 aliphatic rings. The summed E-state index contributed by atoms with van der Waals surface area (Å²) >= 11 is 0. The molecule has 11 nitrogen and oxygen atoms in total. The number of aromatic nitrogens is 5. The van der Waals surface area contributed by atoms with Crippen LogP contribution in [-0.4, -0.2) is 77.2 Å². The lowest BCUT2D eigenvalue weighted by Gasteiger charge is -2.29. The van der Waals surface area contributed by atoms with Crippen molar-refractivity contribution in [1.82, 2.24) is 30.0 Å². The highest BCUT2D eigenvalue weighted by molar-refractivity contribution is 5.70. The Morgan fingerprint density at radius 1 is 0.895 bits per heavy atom. The van der Waals surface area contributed by atoms with Gasteiger partial charge in [-0.1, -0.05) is 0 Å². The minimum absolute atomic E-state index is 0.479. The number of rotatable bonds is 6. The summed E-state index contributed by atoms with van der Waals surface area (Å²) in [5, 5.41) is 20.9. The summed E-state index contributed by atoms with van der Waals surface area (Å²) in [5.74, 6) is 1.23. The second kappa shape index (κ2) is 10.8. The van der Waals surface area contributed by atoms with Gasteiger partial charge in [0.05, 0.1) is 36.2 Å². The molecule has 0 aliphatic carbocycles. The van der Waals surface area contributed by atoms with Crippen molar-refractivity contribution in [3.05, 3.63) is 66.6 Å². The van der Waals surface area contributed by atoms with E-state index in [1.807, 2.05) is 42.5 Å². The zero-order valence-corrected chi connectivity index (χ0v) is 20.9. The van der Waals surface area contributed by atoms with Gasteiger partial charge in [0.1, 0.15) is 6.33 Å². The highest BCUT2D eigenvalue weighted by atomic mass is 16.5. The maximum Gasteiger partial charge on any atom is 0.245 e. The minimum Gasteiger partial charge on any atom is -0.378 e. The SMILES string of the molecule is N#Cc1cc(-c2ccnc(Nc3ccc(-n4cnc(N5CCNCC5)n4)cc3)n2)cc(N2CCOCC2)c1. The summed E-state index contributed by atoms with van der Waals surface area (Å²) in [7, 11) is 0. The van der Waals surface area contributed by atoms with Gasteiger partial charge in [0, 0.05) is 62.4 Å². The summed E-state index contributed by atoms with van der Waals surface area (Å²) in [6.07, 6.45) is 3.46. The van der Waals surface area contributed by atoms with Gasteiger partial charge in [0.25, 0.3) is 0 Å². The van der Waals surface area contributed by atoms with Gasteiger partial charge >= 0.3 is 0 Å². The Balaban J connectivity index is 1.18. The molecule has 2 saturated heterocycles. The van der Waals surface area contributed by atoms with Crippen molar-refractivity contribution >= 4 is 23.3 Å². The monoisotopic (exact) mass is 508 g/mol. The summed E-state index contributed by atoms with van der Waals surface area (Å²) in [6, 6.07) is 17.9. The third-order valence-corrected chi connectivity index (χ3v) is 6.64. The number of nitrogens with zero attached hydrogens (tertiary/aromatic N) is 8. The van der Waals surface area contributed by atoms with E-state index in [0.717, 1.165) is 73.5 Å². The number of ether oxygens (including phenoxy) is 1. The van der Waals surface area contributed by atoms with E-state index in [0.29, 0.717) is 24.7 Å². The zero-order valence-electron chi connectivity index (χ0n) is 20.9. The fraction of sp³-hybridized carbons (Fsp3) is 0.296. The van der Waals surface area contributed by atoms with Crippen molar-refractivity contribution in [3.63, 3.8) is 0 Å². The molecule has 2 aromatic heterocycles. The molecule has 0 saturated carbocycles. The molecule has 2 fully saturated rings. The van der Waals surface area contributed by atoms with E-state index in [1.54, 1.807) is 17.2 Å². The van der Waals surface area contributed by atoms with Crippen LogP contribution in [0.3, 0.4) is 0 Å². The van der Waals surface area contributed by atoms with Gasteiger partial charge in [0.2, 0.25) is 11.9 Å². The van der Waals surface area contributed by atoms with Gasteiger partial charge in [-0.05, 0) is 48.5 Å². The Hall–Kier alpha value is -4.53. The number of morpholine rings is 1. The molecule has 2 aromatic carbocycles. The van der Waals surface area contributed by atoms with Crippen LogP contribution in [0.4, 0.5) is 23.3 Å². The Morgan fingerprint density at radius 2 is 1.71 bits per heavy atom. The van der Waals surface area contributed by atoms with Gasteiger partial charge < -0.3 is 25.2 Å². The summed E-state index contributed by atoms with van der Waals surface area (Å²) in [6.45, 7) is 6.65. The molecule has 0 atom stereocenters. The molecule has 4 aromatic rings. The van der Waals surface area contributed by atoms with E-state index >= 15 is 0 Å². The first-order valence-corrected chi connectivity index (χ1v) is 12.7. The van der Waals surface area contributed by atoms with E-state index in [9.17, 15) is 5.26 Å². The van der Waals surface area contributed by atoms with Crippen molar-refractivity contribution < 1.29 is 4.74 Å². The average Bonchev–Trinajstić information content (AvgIpc) is 3.49. The van der Waals surface area contributed by atoms with Crippen LogP contribution in [0.2, 0.25) is 0 Å². The maximum atomic E-state index is 9.60. The molecular formula is C27H28N10O. The summed E-state index contributed by atoms with van der Waals surface area (Å²) < 4.78 is 7.26. The zero-order chi connectivity index (χ0) is 25.7. The van der Waals surface area contributed by atoms with Crippen molar-refractivity contribution in [1.29, 1.82) is 5.26 Å². The lowest BCUT2D eigenvalue weighted by molar-refractivity contribution is 0.122. The first kappa shape index (κ1) is 23.8. The van der Waals surface area contributed by atoms with Crippen LogP contribution in [0.25, 0.3) is 16.9 Å². The number of benzene rings is 2. The number of hydrogen-bond donors (Lipinski definition) is 2. The van der Waals surface area contributed by atoms with Crippen LogP contribution in [0, 0.1) is 11.3 Å². The second-order valence-electron chi connectivity index (χ2n) is 9.14. The van der Waals surface area contributed by atoms with E-state index in [4.69, 9.17) is 9.72 Å². The fourth-order valence-corrected chi connectivity index (χ4v) is 4.62. The largest absolute Gasteiger partial charge is 0.378 e. The van der Waals surface area contributed by atoms with Gasteiger partial charge in [-0.2, -0.15) is 10.2 Å². The van der Waals surface area contributed by atoms with Gasteiger partial charge in [-0.3, -0.25) is 0 Å². The first-order valence-electron chi connectivity index (χ1n) is 12.7. The normalized spacial score (nSPS) is 15.8. The summed E-state index contributed by atoms with van der Waals surface area (Å²) in [5.41, 5.74) is 4.99. The third-order valence-electron chi connectivity index (χ3n) is 6.64. The fourth-order valence-electron chi connectivity index (χ4n) is 4.62. The predicted octanol–water partition coefficient (Wildman–Crippen LogP) is 2.59. The molecule has 0 amide bonds. The van der Waals surface area contributed by atoms with E-state index < -0.39 is 0 Å². The Kier molecular flexibility index (Phi) is 6.80. The van der Waals surface area contributed by atoms with Crippen LogP contribution in [-0.2, 0) is 4.74 Å². The molecule has 192 valence electrons. The standard InChI is InChI=1S/C27H28N10O/c28-18-20-15-21(17-24(16-20)35-11-13-38-14-12-35)25-5-6-30-26(33-25)32-22-1-3-23(4-2-22)37-19-31-27(34-37)36-9-7-29-8-10-36/h1-6,15-17,19,29H,7-14H2,(H,30,32,33). The molecule has 2 aliphatic heterocycles. The Morgan fingerprint density at radius 3 is 2.50 bits per heavy atom. The molecule has 0 spiro atoms. The van der Waals surface area contributed by atoms with Gasteiger partial charge in [-0.15, -0.1) is 5.10 Å². The van der Waals surface area contributed by atoms with Crippen LogP contribution in [0.5, 0.6) is 0 Å². The minimum atomic E-state index is 0.479. The number of piperazine rings is 1. The predicted molar refractivity (Wildman–Crippen MR) is 145 cm³/mol. The van der Waals surface area contributed by atoms with Crippen molar-refractivity contribution in [3.8, 4) is 23.0 Å². The van der Waals surface area contributed by atoms with E-state index in [-0.39, 0.29) is 0 Å². The lowest BCUT2D eigenvalue weighted by Crippen LogP contribution is -2.44. The summed E-state index contributed by atoms with van der Waals surface area (Å²) in [4.78, 5) is 18.0. The first-order chi connectivity index (χ1) is 18.7. The highest BCUT2D eigenvalue weighted by Crippen LogP contribution is 2.27. The lowest BCUT2D eigenvalue weighted by atomic mass is 10.1. The van der Waals surface area contributed by atoms with Crippen molar-refractivity contribution in [2.45, 2.75) is 0 Å². The number of anilines is 4. The molecule has 6 rings (SSSR count). The van der Waals surface area contributed by atoms with Gasteiger partial charge in [-0.25, -0.2) is 14.6 Å². The number of hydrogen-bond acceptors (Lipinski definition) is 10. The van der Waals surface area contributed by atoms with E-state index in [1.165, 1.54) is 0 Å². The highest BCUT2D eigenvalue weighted by Gasteiger charge is 2.16. The quantitative estimate of drug-likeness (QED) is 0.402. The molecule has 0 bridgehead atoms. The molecule has 2 N–H and O–H groups in total. The van der Waals surface area contributed by atoms with Crippen LogP contribution in [0.15, 0.2) is 61.1 Å². The van der Waals surface area contributed by atoms with Crippen molar-refractivity contribution in [2.75, 3.05) is 67.6 Å². The molecule has 4 heterocycles. The van der Waals surface area contributed by atoms with Crippen LogP contribution < -0.4 is 20.4 Å². The number of nitriles is 1. The number of nitrogens with one attached hydrogen (secondary N) is 2.